The van der Waals surface area contributed by atoms with Crippen molar-refractivity contribution in [2.24, 2.45) is 5.10 Å². The minimum atomic E-state index is -0.364. The molecule has 2 N–H and O–H groups in total. The van der Waals surface area contributed by atoms with Crippen molar-refractivity contribution < 1.29 is 19.4 Å². The summed E-state index contributed by atoms with van der Waals surface area (Å²) in [5, 5.41) is 13.7. The molecule has 2 aromatic carbocycles. The molecule has 0 unspecified atom stereocenters. The van der Waals surface area contributed by atoms with Crippen LogP contribution in [0, 0.1) is 17.4 Å². The number of carbonyl (C=O) groups is 1. The molecular formula is C18H19IN2O4. The van der Waals surface area contributed by atoms with Crippen molar-refractivity contribution >= 4 is 34.7 Å². The number of methoxy groups -OCH3 is 1. The molecule has 1 amide bonds. The number of benzene rings is 2. The Hall–Kier alpha value is -2.29. The highest BCUT2D eigenvalue weighted by molar-refractivity contribution is 14.1. The Morgan fingerprint density at radius 1 is 1.28 bits per heavy atom. The molecule has 132 valence electrons. The molecule has 0 saturated carbocycles. The van der Waals surface area contributed by atoms with E-state index < -0.39 is 0 Å². The molecule has 0 aliphatic rings. The first-order chi connectivity index (χ1) is 11.9. The molecular weight excluding hydrogens is 435 g/mol. The highest BCUT2D eigenvalue weighted by Gasteiger charge is 2.08. The predicted molar refractivity (Wildman–Crippen MR) is 105 cm³/mol. The number of phenolic OH excluding ortho intramolecular Hbond substituents is 1. The Labute approximate surface area is 160 Å². The Morgan fingerprint density at radius 2 is 2.04 bits per heavy atom. The van der Waals surface area contributed by atoms with E-state index in [2.05, 4.69) is 10.5 Å². The first kappa shape index (κ1) is 19.0. The van der Waals surface area contributed by atoms with Gasteiger partial charge in [0, 0.05) is 0 Å². The third-order valence-corrected chi connectivity index (χ3v) is 4.19. The van der Waals surface area contributed by atoms with E-state index in [-0.39, 0.29) is 18.3 Å². The number of halogens is 1. The average molecular weight is 454 g/mol. The predicted octanol–water partition coefficient (Wildman–Crippen LogP) is 3.15. The monoisotopic (exact) mass is 454 g/mol. The van der Waals surface area contributed by atoms with Crippen LogP contribution in [0.25, 0.3) is 0 Å². The molecule has 0 saturated heterocycles. The quantitative estimate of drug-likeness (QED) is 0.400. The van der Waals surface area contributed by atoms with Crippen LogP contribution in [0.3, 0.4) is 0 Å². The van der Waals surface area contributed by atoms with Gasteiger partial charge in [-0.1, -0.05) is 17.7 Å². The first-order valence-corrected chi connectivity index (χ1v) is 8.57. The molecule has 2 aromatic rings. The van der Waals surface area contributed by atoms with Gasteiger partial charge in [-0.3, -0.25) is 4.79 Å². The lowest BCUT2D eigenvalue weighted by molar-refractivity contribution is -0.123. The number of amides is 1. The van der Waals surface area contributed by atoms with Crippen LogP contribution >= 0.6 is 22.6 Å². The van der Waals surface area contributed by atoms with Gasteiger partial charge in [-0.05, 0) is 65.8 Å². The van der Waals surface area contributed by atoms with Gasteiger partial charge in [0.25, 0.3) is 5.91 Å². The number of hydrogen-bond donors (Lipinski definition) is 2. The summed E-state index contributed by atoms with van der Waals surface area (Å²) in [6, 6.07) is 9.11. The van der Waals surface area contributed by atoms with Crippen molar-refractivity contribution in [1.82, 2.24) is 5.43 Å². The molecule has 0 spiro atoms. The van der Waals surface area contributed by atoms with Crippen molar-refractivity contribution in [3.63, 3.8) is 0 Å². The van der Waals surface area contributed by atoms with E-state index in [1.54, 1.807) is 12.1 Å². The van der Waals surface area contributed by atoms with E-state index in [0.29, 0.717) is 20.6 Å². The Balaban J connectivity index is 1.91. The SMILES string of the molecule is COc1cc(/C=N\NC(=O)COc2ccc(C)cc2C)cc(I)c1O. The number of hydrogen-bond acceptors (Lipinski definition) is 5. The van der Waals surface area contributed by atoms with Crippen LogP contribution in [0.1, 0.15) is 16.7 Å². The fraction of sp³-hybridized carbons (Fsp3) is 0.222. The second-order valence-corrected chi connectivity index (χ2v) is 6.57. The molecule has 25 heavy (non-hydrogen) atoms. The summed E-state index contributed by atoms with van der Waals surface area (Å²) < 4.78 is 11.2. The van der Waals surface area contributed by atoms with Gasteiger partial charge in [0.2, 0.25) is 0 Å². The fourth-order valence-corrected chi connectivity index (χ4v) is 2.76. The molecule has 0 fully saturated rings. The molecule has 0 aliphatic heterocycles. The average Bonchev–Trinajstić information content (AvgIpc) is 2.57. The maximum Gasteiger partial charge on any atom is 0.277 e. The third-order valence-electron chi connectivity index (χ3n) is 3.36. The highest BCUT2D eigenvalue weighted by Crippen LogP contribution is 2.31. The largest absolute Gasteiger partial charge is 0.504 e. The summed E-state index contributed by atoms with van der Waals surface area (Å²) in [6.07, 6.45) is 1.47. The zero-order valence-corrected chi connectivity index (χ0v) is 16.3. The number of nitrogens with zero attached hydrogens (tertiary/aromatic N) is 1. The maximum atomic E-state index is 11.8. The van der Waals surface area contributed by atoms with Gasteiger partial charge < -0.3 is 14.6 Å². The van der Waals surface area contributed by atoms with E-state index in [9.17, 15) is 9.90 Å². The molecule has 0 radical (unpaired) electrons. The Morgan fingerprint density at radius 3 is 2.72 bits per heavy atom. The van der Waals surface area contributed by atoms with Crippen molar-refractivity contribution in [3.8, 4) is 17.2 Å². The number of aromatic hydroxyl groups is 1. The topological polar surface area (TPSA) is 80.2 Å². The first-order valence-electron chi connectivity index (χ1n) is 7.49. The van der Waals surface area contributed by atoms with Crippen LogP contribution in [0.5, 0.6) is 17.2 Å². The molecule has 0 heterocycles. The van der Waals surface area contributed by atoms with Gasteiger partial charge in [-0.15, -0.1) is 0 Å². The number of aryl methyl sites for hydroxylation is 2. The van der Waals surface area contributed by atoms with Gasteiger partial charge in [0.1, 0.15) is 5.75 Å². The molecule has 0 aromatic heterocycles. The standard InChI is InChI=1S/C18H19IN2O4/c1-11-4-5-15(12(2)6-11)25-10-17(22)21-20-9-13-7-14(19)18(23)16(8-13)24-3/h4-9,23H,10H2,1-3H3,(H,21,22)/b20-9-. The number of hydrazone groups is 1. The third kappa shape index (κ3) is 5.35. The number of nitrogens with one attached hydrogen (secondary N) is 1. The normalized spacial score (nSPS) is 10.7. The Kier molecular flexibility index (Phi) is 6.63. The smallest absolute Gasteiger partial charge is 0.277 e. The van der Waals surface area contributed by atoms with Gasteiger partial charge >= 0.3 is 0 Å². The summed E-state index contributed by atoms with van der Waals surface area (Å²) in [5.74, 6) is 0.725. The van der Waals surface area contributed by atoms with Crippen LogP contribution in [-0.4, -0.2) is 30.9 Å². The second-order valence-electron chi connectivity index (χ2n) is 5.40. The van der Waals surface area contributed by atoms with E-state index in [1.807, 2.05) is 54.6 Å². The van der Waals surface area contributed by atoms with Crippen LogP contribution in [0.4, 0.5) is 0 Å². The maximum absolute atomic E-state index is 11.8. The minimum absolute atomic E-state index is 0.0751. The van der Waals surface area contributed by atoms with Gasteiger partial charge in [0.15, 0.2) is 18.1 Å². The van der Waals surface area contributed by atoms with E-state index in [4.69, 9.17) is 9.47 Å². The van der Waals surface area contributed by atoms with Gasteiger partial charge in [-0.25, -0.2) is 5.43 Å². The van der Waals surface area contributed by atoms with Crippen molar-refractivity contribution in [3.05, 3.63) is 50.6 Å². The van der Waals surface area contributed by atoms with E-state index >= 15 is 0 Å². The van der Waals surface area contributed by atoms with Crippen LogP contribution < -0.4 is 14.9 Å². The van der Waals surface area contributed by atoms with Crippen molar-refractivity contribution in [2.75, 3.05) is 13.7 Å². The molecule has 7 heteroatoms. The van der Waals surface area contributed by atoms with Crippen LogP contribution in [0.15, 0.2) is 35.4 Å². The highest BCUT2D eigenvalue weighted by atomic mass is 127. The second kappa shape index (κ2) is 8.70. The summed E-state index contributed by atoms with van der Waals surface area (Å²) in [4.78, 5) is 11.8. The fourth-order valence-electron chi connectivity index (χ4n) is 2.14. The zero-order chi connectivity index (χ0) is 18.4. The van der Waals surface area contributed by atoms with Gasteiger partial charge in [-0.2, -0.15) is 5.10 Å². The molecule has 6 nitrogen and oxygen atoms in total. The summed E-state index contributed by atoms with van der Waals surface area (Å²) in [5.41, 5.74) is 5.20. The molecule has 0 aliphatic carbocycles. The number of phenols is 1. The van der Waals surface area contributed by atoms with E-state index in [1.165, 1.54) is 13.3 Å². The summed E-state index contributed by atoms with van der Waals surface area (Å²) in [7, 11) is 1.47. The minimum Gasteiger partial charge on any atom is -0.504 e. The Bertz CT molecular complexity index is 806. The lowest BCUT2D eigenvalue weighted by Gasteiger charge is -2.08. The number of ether oxygens (including phenoxy) is 2. The van der Waals surface area contributed by atoms with Crippen molar-refractivity contribution in [1.29, 1.82) is 0 Å². The number of rotatable bonds is 6. The van der Waals surface area contributed by atoms with Crippen molar-refractivity contribution in [2.45, 2.75) is 13.8 Å². The summed E-state index contributed by atoms with van der Waals surface area (Å²) >= 11 is 1.99. The number of carbonyl (C=O) groups excluding carboxylic acids is 1. The van der Waals surface area contributed by atoms with Crippen LogP contribution in [0.2, 0.25) is 0 Å². The lowest BCUT2D eigenvalue weighted by atomic mass is 10.1. The molecule has 0 atom stereocenters. The van der Waals surface area contributed by atoms with Gasteiger partial charge in [0.05, 0.1) is 16.9 Å². The van der Waals surface area contributed by atoms with E-state index in [0.717, 1.165) is 11.1 Å². The van der Waals surface area contributed by atoms with Crippen LogP contribution in [-0.2, 0) is 4.79 Å². The lowest BCUT2D eigenvalue weighted by Crippen LogP contribution is -2.24. The zero-order valence-electron chi connectivity index (χ0n) is 14.2. The molecule has 0 bridgehead atoms. The summed E-state index contributed by atoms with van der Waals surface area (Å²) in [6.45, 7) is 3.80. The molecule has 2 rings (SSSR count).